The Hall–Kier alpha value is -3.49. The largest absolute Gasteiger partial charge is 0.381 e. The van der Waals surface area contributed by atoms with Gasteiger partial charge in [0.05, 0.1) is 0 Å². The van der Waals surface area contributed by atoms with Gasteiger partial charge in [0.2, 0.25) is 5.91 Å². The number of benzene rings is 2. The molecular formula is C25H28N4O4. The molecule has 172 valence electrons. The van der Waals surface area contributed by atoms with Crippen LogP contribution in [0.1, 0.15) is 35.7 Å². The number of hydrogen-bond donors (Lipinski definition) is 3. The minimum absolute atomic E-state index is 0.378. The topological polar surface area (TPSA) is 119 Å². The second-order valence-corrected chi connectivity index (χ2v) is 8.22. The van der Waals surface area contributed by atoms with Crippen LogP contribution in [0.3, 0.4) is 0 Å². The van der Waals surface area contributed by atoms with E-state index in [0.29, 0.717) is 23.1 Å². The summed E-state index contributed by atoms with van der Waals surface area (Å²) in [5.41, 5.74) is 9.11. The van der Waals surface area contributed by atoms with Crippen LogP contribution in [0.15, 0.2) is 59.1 Å². The quantitative estimate of drug-likeness (QED) is 0.487. The van der Waals surface area contributed by atoms with E-state index in [-0.39, 0.29) is 5.91 Å². The number of nitrogens with one attached hydrogen (secondary N) is 2. The number of primary amides is 1. The molecule has 2 heterocycles. The highest BCUT2D eigenvalue weighted by Crippen LogP contribution is 2.27. The van der Waals surface area contributed by atoms with Gasteiger partial charge in [0.25, 0.3) is 5.91 Å². The monoisotopic (exact) mass is 448 g/mol. The maximum absolute atomic E-state index is 12.4. The highest BCUT2D eigenvalue weighted by molar-refractivity contribution is 5.98. The van der Waals surface area contributed by atoms with Crippen LogP contribution in [0.4, 0.5) is 0 Å². The van der Waals surface area contributed by atoms with Gasteiger partial charge in [-0.2, -0.15) is 0 Å². The lowest BCUT2D eigenvalue weighted by molar-refractivity contribution is -0.119. The van der Waals surface area contributed by atoms with Gasteiger partial charge in [-0.25, -0.2) is 0 Å². The van der Waals surface area contributed by atoms with Gasteiger partial charge in [0.1, 0.15) is 11.7 Å². The minimum atomic E-state index is -0.755. The predicted molar refractivity (Wildman–Crippen MR) is 124 cm³/mol. The van der Waals surface area contributed by atoms with Crippen LogP contribution in [0, 0.1) is 0 Å². The minimum Gasteiger partial charge on any atom is -0.381 e. The van der Waals surface area contributed by atoms with Gasteiger partial charge in [0.15, 0.2) is 5.76 Å². The Balaban J connectivity index is 1.41. The molecule has 0 radical (unpaired) electrons. The molecule has 33 heavy (non-hydrogen) atoms. The van der Waals surface area contributed by atoms with Gasteiger partial charge in [-0.3, -0.25) is 9.59 Å². The number of ether oxygens (including phenoxy) is 1. The third kappa shape index (κ3) is 5.85. The smallest absolute Gasteiger partial charge is 0.251 e. The van der Waals surface area contributed by atoms with Crippen molar-refractivity contribution in [3.8, 4) is 22.6 Å². The molecule has 1 saturated heterocycles. The molecule has 1 aliphatic heterocycles. The maximum atomic E-state index is 12.4. The Morgan fingerprint density at radius 2 is 1.85 bits per heavy atom. The van der Waals surface area contributed by atoms with Gasteiger partial charge in [-0.05, 0) is 37.5 Å². The van der Waals surface area contributed by atoms with Gasteiger partial charge in [-0.1, -0.05) is 41.6 Å². The van der Waals surface area contributed by atoms with Crippen LogP contribution in [0.5, 0.6) is 0 Å². The van der Waals surface area contributed by atoms with Crippen molar-refractivity contribution < 1.29 is 18.8 Å². The zero-order valence-electron chi connectivity index (χ0n) is 18.5. The van der Waals surface area contributed by atoms with Crippen LogP contribution in [0.25, 0.3) is 22.6 Å². The van der Waals surface area contributed by atoms with Crippen molar-refractivity contribution in [3.63, 3.8) is 0 Å². The molecule has 1 aromatic heterocycles. The van der Waals surface area contributed by atoms with E-state index in [2.05, 4.69) is 27.9 Å². The Morgan fingerprint density at radius 3 is 2.58 bits per heavy atom. The van der Waals surface area contributed by atoms with Crippen molar-refractivity contribution in [1.82, 2.24) is 15.8 Å². The fraction of sp³-hybridized carbons (Fsp3) is 0.320. The van der Waals surface area contributed by atoms with Crippen LogP contribution in [-0.4, -0.2) is 42.3 Å². The molecule has 0 spiro atoms. The number of carbonyl (C=O) groups is 2. The van der Waals surface area contributed by atoms with E-state index < -0.39 is 11.9 Å². The van der Waals surface area contributed by atoms with Crippen LogP contribution < -0.4 is 16.4 Å². The number of nitrogens with two attached hydrogens (primary N) is 1. The first-order valence-corrected chi connectivity index (χ1v) is 11.1. The summed E-state index contributed by atoms with van der Waals surface area (Å²) in [6.07, 6.45) is 2.10. The van der Waals surface area contributed by atoms with Gasteiger partial charge in [0, 0.05) is 48.6 Å². The molecule has 0 aliphatic carbocycles. The molecule has 8 heteroatoms. The third-order valence-corrected chi connectivity index (χ3v) is 5.76. The van der Waals surface area contributed by atoms with Crippen molar-refractivity contribution >= 4 is 11.8 Å². The van der Waals surface area contributed by atoms with Gasteiger partial charge < -0.3 is 25.6 Å². The molecule has 8 nitrogen and oxygen atoms in total. The Kier molecular flexibility index (Phi) is 7.16. The molecule has 0 saturated carbocycles. The van der Waals surface area contributed by atoms with E-state index in [1.165, 1.54) is 5.56 Å². The van der Waals surface area contributed by atoms with E-state index >= 15 is 0 Å². The first-order valence-electron chi connectivity index (χ1n) is 11.1. The van der Waals surface area contributed by atoms with Crippen molar-refractivity contribution in [2.24, 2.45) is 5.73 Å². The second kappa shape index (κ2) is 10.4. The SMILES string of the molecule is C[C@@H](NC(=O)c1cccc(-c2cc(-c3ccc(CNC4CCOCC4)cc3)on2)c1)C(N)=O. The lowest BCUT2D eigenvalue weighted by atomic mass is 10.0. The number of amides is 2. The van der Waals surface area contributed by atoms with Crippen molar-refractivity contribution in [2.75, 3.05) is 13.2 Å². The van der Waals surface area contributed by atoms with E-state index in [1.54, 1.807) is 25.1 Å². The first-order chi connectivity index (χ1) is 16.0. The molecule has 0 unspecified atom stereocenters. The molecule has 2 aromatic carbocycles. The molecule has 0 bridgehead atoms. The van der Waals surface area contributed by atoms with E-state index in [9.17, 15) is 9.59 Å². The Morgan fingerprint density at radius 1 is 1.09 bits per heavy atom. The summed E-state index contributed by atoms with van der Waals surface area (Å²) in [4.78, 5) is 23.6. The van der Waals surface area contributed by atoms with Gasteiger partial charge >= 0.3 is 0 Å². The van der Waals surface area contributed by atoms with E-state index in [1.807, 2.05) is 24.3 Å². The van der Waals surface area contributed by atoms with E-state index in [4.69, 9.17) is 15.0 Å². The summed E-state index contributed by atoms with van der Waals surface area (Å²) < 4.78 is 11.0. The molecular weight excluding hydrogens is 420 g/mol. The molecule has 3 aromatic rings. The fourth-order valence-electron chi connectivity index (χ4n) is 3.67. The summed E-state index contributed by atoms with van der Waals surface area (Å²) >= 11 is 0. The fourth-order valence-corrected chi connectivity index (χ4v) is 3.67. The molecule has 4 rings (SSSR count). The van der Waals surface area contributed by atoms with Crippen molar-refractivity contribution in [1.29, 1.82) is 0 Å². The standard InChI is InChI=1S/C25H28N4O4/c1-16(24(26)30)28-25(31)20-4-2-3-19(13-20)22-14-23(33-29-22)18-7-5-17(6-8-18)15-27-21-9-11-32-12-10-21/h2-8,13-14,16,21,27H,9-12,15H2,1H3,(H2,26,30)(H,28,31)/t16-/m1/s1. The highest BCUT2D eigenvalue weighted by atomic mass is 16.5. The Labute approximate surface area is 192 Å². The molecule has 1 aliphatic rings. The van der Waals surface area contributed by atoms with Crippen LogP contribution in [0.2, 0.25) is 0 Å². The average molecular weight is 449 g/mol. The molecule has 1 atom stereocenters. The summed E-state index contributed by atoms with van der Waals surface area (Å²) in [6, 6.07) is 16.8. The number of rotatable bonds is 8. The average Bonchev–Trinajstić information content (AvgIpc) is 3.34. The zero-order valence-corrected chi connectivity index (χ0v) is 18.5. The lowest BCUT2D eigenvalue weighted by Crippen LogP contribution is -2.42. The van der Waals surface area contributed by atoms with Crippen molar-refractivity contribution in [2.45, 2.75) is 38.4 Å². The summed E-state index contributed by atoms with van der Waals surface area (Å²) in [5, 5.41) is 10.3. The van der Waals surface area contributed by atoms with Crippen LogP contribution >= 0.6 is 0 Å². The summed E-state index contributed by atoms with van der Waals surface area (Å²) in [6.45, 7) is 4.01. The normalized spacial score (nSPS) is 15.2. The molecule has 4 N–H and O–H groups in total. The molecule has 1 fully saturated rings. The Bertz CT molecular complexity index is 1100. The third-order valence-electron chi connectivity index (χ3n) is 5.76. The number of nitrogens with zero attached hydrogens (tertiary/aromatic N) is 1. The predicted octanol–water partition coefficient (Wildman–Crippen LogP) is 2.88. The van der Waals surface area contributed by atoms with Crippen molar-refractivity contribution in [3.05, 3.63) is 65.7 Å². The second-order valence-electron chi connectivity index (χ2n) is 8.22. The first kappa shape index (κ1) is 22.7. The highest BCUT2D eigenvalue weighted by Gasteiger charge is 2.16. The number of aromatic nitrogens is 1. The molecule has 2 amide bonds. The lowest BCUT2D eigenvalue weighted by Gasteiger charge is -2.23. The number of carbonyl (C=O) groups excluding carboxylic acids is 2. The van der Waals surface area contributed by atoms with E-state index in [0.717, 1.165) is 43.7 Å². The van der Waals surface area contributed by atoms with Gasteiger partial charge in [-0.15, -0.1) is 0 Å². The van der Waals surface area contributed by atoms with Crippen LogP contribution in [-0.2, 0) is 16.1 Å². The number of hydrogen-bond acceptors (Lipinski definition) is 6. The summed E-state index contributed by atoms with van der Waals surface area (Å²) in [5.74, 6) is -0.325. The summed E-state index contributed by atoms with van der Waals surface area (Å²) in [7, 11) is 0. The zero-order chi connectivity index (χ0) is 23.2. The maximum Gasteiger partial charge on any atom is 0.251 e.